The van der Waals surface area contributed by atoms with Crippen molar-refractivity contribution in [2.75, 3.05) is 6.61 Å². The van der Waals surface area contributed by atoms with E-state index in [0.717, 1.165) is 40.0 Å². The van der Waals surface area contributed by atoms with Gasteiger partial charge in [0.05, 0.1) is 22.4 Å². The normalized spacial score (nSPS) is 14.5. The molecule has 0 amide bonds. The second-order valence-corrected chi connectivity index (χ2v) is 14.6. The van der Waals surface area contributed by atoms with Crippen molar-refractivity contribution in [1.82, 2.24) is 14.5 Å². The monoisotopic (exact) mass is 670 g/mol. The number of thioether (sulfide) groups is 1. The van der Waals surface area contributed by atoms with Crippen LogP contribution in [0.15, 0.2) is 107 Å². The van der Waals surface area contributed by atoms with E-state index in [4.69, 9.17) is 19.7 Å². The van der Waals surface area contributed by atoms with Gasteiger partial charge < -0.3 is 19.2 Å². The topological polar surface area (TPSA) is 98.8 Å². The number of hydrogen-bond donors (Lipinski definition) is 1. The molecule has 49 heavy (non-hydrogen) atoms. The van der Waals surface area contributed by atoms with Crippen LogP contribution in [0.1, 0.15) is 43.3 Å². The summed E-state index contributed by atoms with van der Waals surface area (Å²) in [5, 5.41) is 15.7. The Hall–Kier alpha value is -5.15. The fourth-order valence-corrected chi connectivity index (χ4v) is 7.76. The lowest BCUT2D eigenvalue weighted by Gasteiger charge is -2.24. The SMILES string of the molecule is CC1Cc2c(OCc3ccc4ccccc4n3)ccc3c2c(c(CC(C)(C)C=NOCC(=O)O)n3Cc2ccc(-c3ccccn3)cc2)S1. The number of carboxylic acid groups (broad SMARTS) is 1. The standard InChI is InChI=1S/C40H38N4O4S/c1-26-20-31-36(47-23-30-16-15-28-8-4-5-10-33(28)43-30)18-17-34-38(31)39(49-26)35(21-40(2,3)25-42-48-24-37(45)46)44(34)22-27-11-13-29(14-12-27)32-9-6-7-19-41-32/h4-19,25-26H,20-24H2,1-3H3,(H,45,46). The molecule has 0 saturated heterocycles. The minimum Gasteiger partial charge on any atom is -0.487 e. The van der Waals surface area contributed by atoms with Crippen molar-refractivity contribution in [3.8, 4) is 17.0 Å². The summed E-state index contributed by atoms with van der Waals surface area (Å²) < 4.78 is 8.97. The molecule has 8 nitrogen and oxygen atoms in total. The summed E-state index contributed by atoms with van der Waals surface area (Å²) in [5.41, 5.74) is 8.25. The van der Waals surface area contributed by atoms with Crippen molar-refractivity contribution < 1.29 is 19.5 Å². The van der Waals surface area contributed by atoms with E-state index in [9.17, 15) is 4.79 Å². The molecule has 1 aliphatic rings. The smallest absolute Gasteiger partial charge is 0.344 e. The summed E-state index contributed by atoms with van der Waals surface area (Å²) in [4.78, 5) is 26.6. The molecule has 0 bridgehead atoms. The Balaban J connectivity index is 1.26. The summed E-state index contributed by atoms with van der Waals surface area (Å²) in [5.74, 6) is -0.164. The maximum Gasteiger partial charge on any atom is 0.344 e. The van der Waals surface area contributed by atoms with Crippen LogP contribution in [0.2, 0.25) is 0 Å². The van der Waals surface area contributed by atoms with Crippen molar-refractivity contribution in [1.29, 1.82) is 0 Å². The molecule has 1 aliphatic heterocycles. The highest BCUT2D eigenvalue weighted by atomic mass is 32.2. The second-order valence-electron chi connectivity index (χ2n) is 13.2. The zero-order chi connectivity index (χ0) is 34.0. The van der Waals surface area contributed by atoms with E-state index >= 15 is 0 Å². The van der Waals surface area contributed by atoms with Gasteiger partial charge in [0.25, 0.3) is 0 Å². The molecule has 0 saturated carbocycles. The van der Waals surface area contributed by atoms with E-state index in [1.165, 1.54) is 32.6 Å². The van der Waals surface area contributed by atoms with Gasteiger partial charge in [0.2, 0.25) is 6.61 Å². The molecule has 3 aromatic heterocycles. The van der Waals surface area contributed by atoms with Crippen LogP contribution >= 0.6 is 11.8 Å². The highest BCUT2D eigenvalue weighted by Crippen LogP contribution is 2.48. The van der Waals surface area contributed by atoms with Crippen LogP contribution in [0.25, 0.3) is 33.1 Å². The molecule has 4 heterocycles. The number of aromatic nitrogens is 3. The van der Waals surface area contributed by atoms with Crippen LogP contribution < -0.4 is 4.74 Å². The van der Waals surface area contributed by atoms with Gasteiger partial charge in [0, 0.05) is 62.1 Å². The van der Waals surface area contributed by atoms with E-state index in [0.29, 0.717) is 24.8 Å². The average Bonchev–Trinajstić information content (AvgIpc) is 3.38. The minimum absolute atomic E-state index is 0.349. The maximum absolute atomic E-state index is 11.0. The first-order valence-electron chi connectivity index (χ1n) is 16.4. The number of aliphatic carboxylic acids is 1. The van der Waals surface area contributed by atoms with Crippen LogP contribution in [-0.4, -0.2) is 43.7 Å². The molecule has 0 spiro atoms. The zero-order valence-electron chi connectivity index (χ0n) is 27.8. The van der Waals surface area contributed by atoms with Gasteiger partial charge in [-0.05, 0) is 54.8 Å². The molecule has 0 aliphatic carbocycles. The third kappa shape index (κ3) is 7.17. The highest BCUT2D eigenvalue weighted by Gasteiger charge is 2.31. The van der Waals surface area contributed by atoms with Crippen molar-refractivity contribution in [2.24, 2.45) is 10.6 Å². The van der Waals surface area contributed by atoms with Crippen LogP contribution in [-0.2, 0) is 35.6 Å². The number of ether oxygens (including phenoxy) is 1. The molecular weight excluding hydrogens is 633 g/mol. The van der Waals surface area contributed by atoms with Gasteiger partial charge in [-0.15, -0.1) is 11.8 Å². The van der Waals surface area contributed by atoms with Gasteiger partial charge in [0.1, 0.15) is 12.4 Å². The molecule has 1 atom stereocenters. The number of carboxylic acids is 1. The first-order valence-corrected chi connectivity index (χ1v) is 17.3. The summed E-state index contributed by atoms with van der Waals surface area (Å²) in [6.07, 6.45) is 5.11. The van der Waals surface area contributed by atoms with Gasteiger partial charge in [-0.3, -0.25) is 4.98 Å². The lowest BCUT2D eigenvalue weighted by atomic mass is 9.89. The van der Waals surface area contributed by atoms with Gasteiger partial charge in [-0.1, -0.05) is 80.5 Å². The zero-order valence-corrected chi connectivity index (χ0v) is 28.6. The summed E-state index contributed by atoms with van der Waals surface area (Å²) >= 11 is 1.91. The summed E-state index contributed by atoms with van der Waals surface area (Å²) in [7, 11) is 0. The van der Waals surface area contributed by atoms with Gasteiger partial charge in [-0.25, -0.2) is 9.78 Å². The van der Waals surface area contributed by atoms with Crippen LogP contribution in [0.4, 0.5) is 0 Å². The van der Waals surface area contributed by atoms with Crippen LogP contribution in [0, 0.1) is 5.41 Å². The predicted octanol–water partition coefficient (Wildman–Crippen LogP) is 8.57. The molecule has 1 N–H and O–H groups in total. The number of rotatable bonds is 12. The van der Waals surface area contributed by atoms with Gasteiger partial charge >= 0.3 is 5.97 Å². The fourth-order valence-electron chi connectivity index (χ4n) is 6.45. The minimum atomic E-state index is -1.05. The predicted molar refractivity (Wildman–Crippen MR) is 195 cm³/mol. The molecule has 0 radical (unpaired) electrons. The summed E-state index contributed by atoms with van der Waals surface area (Å²) in [6, 6.07) is 31.1. The number of para-hydroxylation sites is 1. The number of oxime groups is 1. The number of fused-ring (bicyclic) bond motifs is 1. The lowest BCUT2D eigenvalue weighted by molar-refractivity contribution is -0.142. The number of nitrogens with zero attached hydrogens (tertiary/aromatic N) is 4. The molecular formula is C40H38N4O4S. The molecule has 248 valence electrons. The van der Waals surface area contributed by atoms with Crippen LogP contribution in [0.3, 0.4) is 0 Å². The Morgan fingerprint density at radius 2 is 1.86 bits per heavy atom. The van der Waals surface area contributed by atoms with E-state index < -0.39 is 18.0 Å². The first kappa shape index (κ1) is 32.4. The fraction of sp³-hybridized carbons (Fsp3) is 0.250. The summed E-state index contributed by atoms with van der Waals surface area (Å²) in [6.45, 7) is 7.06. The highest BCUT2D eigenvalue weighted by molar-refractivity contribution is 8.00. The third-order valence-corrected chi connectivity index (χ3v) is 9.98. The molecule has 0 fully saturated rings. The molecule has 1 unspecified atom stereocenters. The van der Waals surface area contributed by atoms with E-state index in [-0.39, 0.29) is 0 Å². The van der Waals surface area contributed by atoms with Gasteiger partial charge in [0.15, 0.2) is 0 Å². The van der Waals surface area contributed by atoms with Gasteiger partial charge in [-0.2, -0.15) is 0 Å². The molecule has 9 heteroatoms. The van der Waals surface area contributed by atoms with E-state index in [2.05, 4.69) is 84.0 Å². The number of pyridine rings is 2. The number of hydrogen-bond acceptors (Lipinski definition) is 7. The van der Waals surface area contributed by atoms with Crippen molar-refractivity contribution >= 4 is 45.8 Å². The van der Waals surface area contributed by atoms with Crippen molar-refractivity contribution in [2.45, 2.75) is 56.9 Å². The largest absolute Gasteiger partial charge is 0.487 e. The van der Waals surface area contributed by atoms with E-state index in [1.54, 1.807) is 6.21 Å². The quantitative estimate of drug-likeness (QED) is 0.103. The average molecular weight is 671 g/mol. The Morgan fingerprint density at radius 3 is 2.65 bits per heavy atom. The first-order chi connectivity index (χ1) is 23.7. The molecule has 7 rings (SSSR count). The third-order valence-electron chi connectivity index (χ3n) is 8.74. The molecule has 6 aromatic rings. The number of benzene rings is 3. The lowest BCUT2D eigenvalue weighted by Crippen LogP contribution is -2.21. The van der Waals surface area contributed by atoms with Crippen LogP contribution in [0.5, 0.6) is 5.75 Å². The Morgan fingerprint density at radius 1 is 1.04 bits per heavy atom. The van der Waals surface area contributed by atoms with E-state index in [1.807, 2.05) is 60.4 Å². The Kier molecular flexibility index (Phi) is 9.10. The number of carbonyl (C=O) groups is 1. The Labute approximate surface area is 289 Å². The van der Waals surface area contributed by atoms with Crippen molar-refractivity contribution in [3.05, 3.63) is 120 Å². The Bertz CT molecular complexity index is 2160. The second kappa shape index (κ2) is 13.8. The molecule has 3 aromatic carbocycles. The maximum atomic E-state index is 11.0. The van der Waals surface area contributed by atoms with Crippen molar-refractivity contribution in [3.63, 3.8) is 0 Å².